The average Bonchev–Trinajstić information content (AvgIpc) is 3.31. The van der Waals surface area contributed by atoms with E-state index in [0.717, 1.165) is 5.56 Å². The van der Waals surface area contributed by atoms with E-state index in [1.165, 1.54) is 6.07 Å². The van der Waals surface area contributed by atoms with E-state index in [2.05, 4.69) is 9.71 Å². The van der Waals surface area contributed by atoms with Gasteiger partial charge in [0.1, 0.15) is 22.3 Å². The van der Waals surface area contributed by atoms with E-state index in [-0.39, 0.29) is 11.7 Å². The van der Waals surface area contributed by atoms with Crippen LogP contribution in [0.25, 0.3) is 0 Å². The molecule has 3 atom stereocenters. The Morgan fingerprint density at radius 2 is 2.12 bits per heavy atom. The molecule has 0 bridgehead atoms. The van der Waals surface area contributed by atoms with Gasteiger partial charge in [0, 0.05) is 11.4 Å². The molecule has 2 aromatic rings. The Labute approximate surface area is 155 Å². The Hall–Kier alpha value is -2.14. The molecule has 0 amide bonds. The molecule has 0 aliphatic heterocycles. The highest BCUT2D eigenvalue weighted by Gasteiger charge is 2.60. The van der Waals surface area contributed by atoms with E-state index in [1.807, 2.05) is 32.9 Å². The number of halogens is 1. The first-order chi connectivity index (χ1) is 12.2. The molecule has 26 heavy (non-hydrogen) atoms. The Balaban J connectivity index is 2.04. The van der Waals surface area contributed by atoms with Crippen LogP contribution in [-0.2, 0) is 16.8 Å². The highest BCUT2D eigenvalue weighted by molar-refractivity contribution is 7.90. The molecule has 3 rings (SSSR count). The molecule has 0 spiro atoms. The summed E-state index contributed by atoms with van der Waals surface area (Å²) < 4.78 is 28.9. The second kappa shape index (κ2) is 6.54. The van der Waals surface area contributed by atoms with Crippen LogP contribution in [0.3, 0.4) is 0 Å². The third-order valence-corrected chi connectivity index (χ3v) is 6.21. The van der Waals surface area contributed by atoms with E-state index in [1.54, 1.807) is 24.3 Å². The number of aromatic nitrogens is 1. The van der Waals surface area contributed by atoms with E-state index in [4.69, 9.17) is 5.73 Å². The lowest BCUT2D eigenvalue weighted by molar-refractivity contribution is 0.539. The molecule has 0 radical (unpaired) electrons. The van der Waals surface area contributed by atoms with Crippen molar-refractivity contribution in [2.24, 2.45) is 0 Å². The summed E-state index contributed by atoms with van der Waals surface area (Å²) in [4.78, 5) is 4.44. The molecule has 7 heteroatoms. The Morgan fingerprint density at radius 3 is 2.73 bits per heavy atom. The van der Waals surface area contributed by atoms with Gasteiger partial charge in [-0.2, -0.15) is 5.26 Å². The summed E-state index contributed by atoms with van der Waals surface area (Å²) in [5.41, 5.74) is 7.02. The van der Waals surface area contributed by atoms with Crippen LogP contribution in [0.1, 0.15) is 44.1 Å². The maximum atomic E-state index is 13.6. The van der Waals surface area contributed by atoms with Crippen molar-refractivity contribution < 1.29 is 8.94 Å². The number of anilines is 1. The van der Waals surface area contributed by atoms with Gasteiger partial charge in [-0.1, -0.05) is 12.1 Å². The normalized spacial score (nSPS) is 23.3. The fraction of sp³-hybridized carbons (Fsp3) is 0.368. The molecule has 0 saturated heterocycles. The molecule has 3 N–H and O–H groups in total. The summed E-state index contributed by atoms with van der Waals surface area (Å²) in [6, 6.07) is 11.7. The van der Waals surface area contributed by atoms with Crippen LogP contribution < -0.4 is 10.5 Å². The Kier molecular flexibility index (Phi) is 4.69. The lowest BCUT2D eigenvalue weighted by Crippen LogP contribution is -2.42. The molecule has 1 aliphatic rings. The zero-order valence-corrected chi connectivity index (χ0v) is 15.7. The van der Waals surface area contributed by atoms with Crippen molar-refractivity contribution in [1.29, 1.82) is 5.26 Å². The van der Waals surface area contributed by atoms with Crippen LogP contribution in [0.5, 0.6) is 0 Å². The largest absolute Gasteiger partial charge is 0.598 e. The zero-order chi connectivity index (χ0) is 19.1. The zero-order valence-electron chi connectivity index (χ0n) is 14.9. The number of nitriles is 1. The fourth-order valence-electron chi connectivity index (χ4n) is 3.03. The molecule has 1 heterocycles. The van der Waals surface area contributed by atoms with Gasteiger partial charge in [0.25, 0.3) is 0 Å². The third-order valence-electron chi connectivity index (χ3n) is 4.60. The first kappa shape index (κ1) is 18.6. The number of nitrogen functional groups attached to an aromatic ring is 1. The molecule has 1 aliphatic carbocycles. The van der Waals surface area contributed by atoms with Crippen LogP contribution >= 0.6 is 0 Å². The number of nitrogens with two attached hydrogens (primary N) is 1. The molecule has 5 nitrogen and oxygen atoms in total. The van der Waals surface area contributed by atoms with Crippen molar-refractivity contribution in [2.45, 2.75) is 43.4 Å². The van der Waals surface area contributed by atoms with Gasteiger partial charge in [-0.15, -0.1) is 4.72 Å². The van der Waals surface area contributed by atoms with Gasteiger partial charge < -0.3 is 10.3 Å². The van der Waals surface area contributed by atoms with Crippen molar-refractivity contribution in [3.05, 3.63) is 59.2 Å². The number of pyridine rings is 1. The number of rotatable bonds is 4. The highest BCUT2D eigenvalue weighted by atomic mass is 32.2. The average molecular weight is 372 g/mol. The van der Waals surface area contributed by atoms with Gasteiger partial charge in [0.05, 0.1) is 22.8 Å². The topological polar surface area (TPSA) is 97.8 Å². The Bertz CT molecular complexity index is 877. The summed E-state index contributed by atoms with van der Waals surface area (Å²) in [5.74, 6) is -0.480. The first-order valence-corrected chi connectivity index (χ1v) is 9.44. The minimum Gasteiger partial charge on any atom is -0.598 e. The number of nitrogens with zero attached hydrogens (tertiary/aromatic N) is 2. The molecule has 1 unspecified atom stereocenters. The molecular formula is C19H21FN4OS. The maximum absolute atomic E-state index is 13.6. The van der Waals surface area contributed by atoms with Gasteiger partial charge in [0.2, 0.25) is 0 Å². The highest BCUT2D eigenvalue weighted by Crippen LogP contribution is 2.54. The molecular weight excluding hydrogens is 351 g/mol. The monoisotopic (exact) mass is 372 g/mol. The fourth-order valence-corrected chi connectivity index (χ4v) is 3.92. The predicted octanol–water partition coefficient (Wildman–Crippen LogP) is 2.78. The first-order valence-electron chi connectivity index (χ1n) is 8.29. The van der Waals surface area contributed by atoms with E-state index in [9.17, 15) is 14.2 Å². The van der Waals surface area contributed by atoms with Crippen molar-refractivity contribution in [3.63, 3.8) is 0 Å². The molecule has 1 saturated carbocycles. The van der Waals surface area contributed by atoms with E-state index in [0.29, 0.717) is 17.8 Å². The van der Waals surface area contributed by atoms with Crippen molar-refractivity contribution in [1.82, 2.24) is 9.71 Å². The summed E-state index contributed by atoms with van der Waals surface area (Å²) in [6.45, 7) is 5.68. The van der Waals surface area contributed by atoms with E-state index < -0.39 is 27.3 Å². The quantitative estimate of drug-likeness (QED) is 0.635. The lowest BCUT2D eigenvalue weighted by Gasteiger charge is -2.25. The summed E-state index contributed by atoms with van der Waals surface area (Å²) in [7, 11) is 0. The molecule has 136 valence electrons. The van der Waals surface area contributed by atoms with Gasteiger partial charge in [-0.3, -0.25) is 0 Å². The number of benzene rings is 1. The second-order valence-electron chi connectivity index (χ2n) is 7.48. The molecule has 1 aromatic heterocycles. The Morgan fingerprint density at radius 1 is 1.38 bits per heavy atom. The second-order valence-corrected chi connectivity index (χ2v) is 9.48. The maximum Gasteiger partial charge on any atom is 0.146 e. The number of hydrogen-bond acceptors (Lipinski definition) is 5. The summed E-state index contributed by atoms with van der Waals surface area (Å²) in [5, 5.41) is 9.17. The lowest BCUT2D eigenvalue weighted by atomic mass is 9.90. The van der Waals surface area contributed by atoms with Crippen molar-refractivity contribution >= 4 is 17.0 Å². The van der Waals surface area contributed by atoms with Gasteiger partial charge in [0.15, 0.2) is 0 Å². The molecule has 1 aromatic carbocycles. The minimum atomic E-state index is -1.26. The van der Waals surface area contributed by atoms with Crippen LogP contribution in [0, 0.1) is 17.1 Å². The van der Waals surface area contributed by atoms with Gasteiger partial charge in [-0.05, 0) is 57.0 Å². The summed E-state index contributed by atoms with van der Waals surface area (Å²) in [6.07, 6.45) is 0.641. The molecule has 1 fully saturated rings. The minimum absolute atomic E-state index is 0.0564. The predicted molar refractivity (Wildman–Crippen MR) is 100.0 cm³/mol. The SMILES string of the molecule is CC(C)(C)[S+]([O-])N[C@@H]1C[C@]1(c1ccc(F)c(N)c1)c1cccc(C#N)n1. The summed E-state index contributed by atoms with van der Waals surface area (Å²) >= 11 is -1.26. The van der Waals surface area contributed by atoms with Gasteiger partial charge >= 0.3 is 0 Å². The smallest absolute Gasteiger partial charge is 0.146 e. The van der Waals surface area contributed by atoms with Crippen LogP contribution in [-0.4, -0.2) is 20.3 Å². The van der Waals surface area contributed by atoms with Gasteiger partial charge in [-0.25, -0.2) is 9.37 Å². The third kappa shape index (κ3) is 3.28. The van der Waals surface area contributed by atoms with Crippen molar-refractivity contribution in [2.75, 3.05) is 5.73 Å². The van der Waals surface area contributed by atoms with Crippen molar-refractivity contribution in [3.8, 4) is 6.07 Å². The van der Waals surface area contributed by atoms with E-state index >= 15 is 0 Å². The standard InChI is InChI=1S/C19H21FN4OS/c1-18(2,3)26(25)24-17-10-19(17,12-7-8-14(20)15(22)9-12)16-6-4-5-13(11-21)23-16/h4-9,17,24H,10,22H2,1-3H3/t17-,19+,26?/m1/s1. The number of hydrogen-bond donors (Lipinski definition) is 2. The van der Waals surface area contributed by atoms with Crippen LogP contribution in [0.15, 0.2) is 36.4 Å². The van der Waals surface area contributed by atoms with Crippen LogP contribution in [0.4, 0.5) is 10.1 Å². The number of nitrogens with one attached hydrogen (secondary N) is 1. The van der Waals surface area contributed by atoms with Crippen LogP contribution in [0.2, 0.25) is 0 Å².